The van der Waals surface area contributed by atoms with Gasteiger partial charge in [-0.05, 0) is 111 Å². The number of hydrogen-bond acceptors (Lipinski definition) is 3. The number of carbonyl (C=O) groups is 2. The summed E-state index contributed by atoms with van der Waals surface area (Å²) in [5.41, 5.74) is 2.60. The quantitative estimate of drug-likeness (QED) is 0.139. The third kappa shape index (κ3) is 9.08. The fourth-order valence-electron chi connectivity index (χ4n) is 9.93. The Kier molecular flexibility index (Phi) is 13.5. The molecule has 0 spiro atoms. The second-order valence-corrected chi connectivity index (χ2v) is 15.6. The summed E-state index contributed by atoms with van der Waals surface area (Å²) >= 11 is 0. The summed E-state index contributed by atoms with van der Waals surface area (Å²) in [4.78, 5) is 20.3. The Hall–Kier alpha value is -1.36. The third-order valence-corrected chi connectivity index (χ3v) is 12.3. The minimum absolute atomic E-state index is 0.0766. The first kappa shape index (κ1) is 35.1. The lowest BCUT2D eigenvalue weighted by Crippen LogP contribution is -2.50. The molecule has 3 fully saturated rings. The van der Waals surface area contributed by atoms with Crippen molar-refractivity contribution in [2.24, 2.45) is 46.3 Å². The minimum Gasteiger partial charge on any atom is -0.481 e. The topological polar surface area (TPSA) is 94.8 Å². The summed E-state index contributed by atoms with van der Waals surface area (Å²) in [6, 6.07) is 0. The minimum atomic E-state index is -0.740. The molecule has 0 aromatic carbocycles. The smallest absolute Gasteiger partial charge is 0.303 e. The van der Waals surface area contributed by atoms with Gasteiger partial charge in [0, 0.05) is 12.8 Å². The first-order valence-electron chi connectivity index (χ1n) is 17.7. The Morgan fingerprint density at radius 3 is 2.02 bits per heavy atom. The van der Waals surface area contributed by atoms with E-state index in [9.17, 15) is 14.7 Å². The van der Waals surface area contributed by atoms with Crippen LogP contribution in [0.1, 0.15) is 157 Å². The molecule has 0 aliphatic heterocycles. The number of rotatable bonds is 14. The molecule has 4 rings (SSSR count). The predicted molar refractivity (Wildman–Crippen MR) is 171 cm³/mol. The van der Waals surface area contributed by atoms with Crippen molar-refractivity contribution >= 4 is 11.9 Å². The molecule has 4 aliphatic rings. The SMILES string of the molecule is CC(C)CCCC(C)[C@H]1CC[C@H]2[C@@H]3CC=C4C[C@@H](O)CC[C@]4(C)[C@H]3CC[C@]12C.O=C(O)CCCCCCCCC(=O)O. The van der Waals surface area contributed by atoms with E-state index in [-0.39, 0.29) is 18.9 Å². The van der Waals surface area contributed by atoms with Gasteiger partial charge in [0.25, 0.3) is 0 Å². The van der Waals surface area contributed by atoms with Gasteiger partial charge in [-0.25, -0.2) is 0 Å². The molecule has 1 unspecified atom stereocenters. The lowest BCUT2D eigenvalue weighted by molar-refractivity contribution is -0.138. The van der Waals surface area contributed by atoms with Crippen LogP contribution in [-0.2, 0) is 9.59 Å². The summed E-state index contributed by atoms with van der Waals surface area (Å²) in [5.74, 6) is 3.98. The molecule has 8 atom stereocenters. The molecule has 42 heavy (non-hydrogen) atoms. The summed E-state index contributed by atoms with van der Waals surface area (Å²) in [7, 11) is 0. The van der Waals surface area contributed by atoms with Gasteiger partial charge in [0.1, 0.15) is 0 Å². The molecule has 0 aromatic heterocycles. The Labute approximate surface area is 257 Å². The van der Waals surface area contributed by atoms with Crippen LogP contribution in [-0.4, -0.2) is 33.4 Å². The van der Waals surface area contributed by atoms with E-state index in [2.05, 4.69) is 40.7 Å². The standard InChI is InChI=1S/C27H46O.C10H18O4/c1-18(2)7-6-8-19(3)23-11-12-24-22-10-9-20-17-21(28)13-15-26(20,4)25(22)14-16-27(23,24)5;11-9(12)7-5-3-1-2-4-6-8-10(13)14/h9,18-19,21-25,28H,6-8,10-17H2,1-5H3;1-8H2,(H,11,12)(H,13,14)/t19?,21-,22-,23+,24-,25-,26-,27+;/m0./s1. The molecular formula is C37H64O5. The van der Waals surface area contributed by atoms with Crippen LogP contribution in [0.25, 0.3) is 0 Å². The average molecular weight is 589 g/mol. The van der Waals surface area contributed by atoms with Gasteiger partial charge in [-0.15, -0.1) is 0 Å². The fourth-order valence-corrected chi connectivity index (χ4v) is 9.93. The van der Waals surface area contributed by atoms with Gasteiger partial charge in [0.2, 0.25) is 0 Å². The molecule has 5 nitrogen and oxygen atoms in total. The molecule has 5 heteroatoms. The zero-order valence-corrected chi connectivity index (χ0v) is 27.7. The predicted octanol–water partition coefficient (Wildman–Crippen LogP) is 9.67. The van der Waals surface area contributed by atoms with Gasteiger partial charge >= 0.3 is 11.9 Å². The van der Waals surface area contributed by atoms with Crippen LogP contribution in [0.5, 0.6) is 0 Å². The monoisotopic (exact) mass is 588 g/mol. The number of fused-ring (bicyclic) bond motifs is 5. The van der Waals surface area contributed by atoms with E-state index in [1.807, 2.05) is 0 Å². The summed E-state index contributed by atoms with van der Waals surface area (Å²) < 4.78 is 0. The third-order valence-electron chi connectivity index (χ3n) is 12.3. The van der Waals surface area contributed by atoms with Crippen LogP contribution in [0.3, 0.4) is 0 Å². The number of aliphatic hydroxyl groups excluding tert-OH is 1. The highest BCUT2D eigenvalue weighted by atomic mass is 16.4. The highest BCUT2D eigenvalue weighted by Crippen LogP contribution is 2.67. The fraction of sp³-hybridized carbons (Fsp3) is 0.892. The van der Waals surface area contributed by atoms with Gasteiger partial charge in [0.05, 0.1) is 6.10 Å². The molecule has 3 saturated carbocycles. The number of hydrogen-bond donors (Lipinski definition) is 3. The average Bonchev–Trinajstić information content (AvgIpc) is 3.28. The summed E-state index contributed by atoms with van der Waals surface area (Å²) in [6.45, 7) is 12.6. The molecule has 0 aromatic rings. The lowest BCUT2D eigenvalue weighted by Gasteiger charge is -2.58. The van der Waals surface area contributed by atoms with Gasteiger partial charge in [-0.3, -0.25) is 9.59 Å². The van der Waals surface area contributed by atoms with E-state index in [0.29, 0.717) is 10.8 Å². The number of unbranched alkanes of at least 4 members (excludes halogenated alkanes) is 5. The van der Waals surface area contributed by atoms with Crippen molar-refractivity contribution in [3.8, 4) is 0 Å². The van der Waals surface area contributed by atoms with E-state index >= 15 is 0 Å². The van der Waals surface area contributed by atoms with Gasteiger partial charge < -0.3 is 15.3 Å². The van der Waals surface area contributed by atoms with Gasteiger partial charge in [-0.2, -0.15) is 0 Å². The summed E-state index contributed by atoms with van der Waals surface area (Å²) in [5, 5.41) is 26.9. The van der Waals surface area contributed by atoms with E-state index < -0.39 is 11.9 Å². The zero-order valence-electron chi connectivity index (χ0n) is 27.7. The number of aliphatic hydroxyl groups is 1. The highest BCUT2D eigenvalue weighted by Gasteiger charge is 2.59. The molecule has 4 aliphatic carbocycles. The number of carboxylic acids is 2. The summed E-state index contributed by atoms with van der Waals surface area (Å²) in [6.07, 6.45) is 23.0. The van der Waals surface area contributed by atoms with Crippen LogP contribution in [0.4, 0.5) is 0 Å². The van der Waals surface area contributed by atoms with Crippen molar-refractivity contribution in [2.45, 2.75) is 163 Å². The molecule has 242 valence electrons. The maximum Gasteiger partial charge on any atom is 0.303 e. The Balaban J connectivity index is 0.000000295. The largest absolute Gasteiger partial charge is 0.481 e. The van der Waals surface area contributed by atoms with Crippen molar-refractivity contribution in [1.29, 1.82) is 0 Å². The lowest BCUT2D eigenvalue weighted by atomic mass is 9.47. The van der Waals surface area contributed by atoms with Gasteiger partial charge in [0.15, 0.2) is 0 Å². The highest BCUT2D eigenvalue weighted by molar-refractivity contribution is 5.66. The van der Waals surface area contributed by atoms with E-state index in [1.165, 1.54) is 57.8 Å². The van der Waals surface area contributed by atoms with Crippen LogP contribution in [0.15, 0.2) is 11.6 Å². The van der Waals surface area contributed by atoms with E-state index in [4.69, 9.17) is 10.2 Å². The normalized spacial score (nSPS) is 34.4. The van der Waals surface area contributed by atoms with Crippen molar-refractivity contribution in [1.82, 2.24) is 0 Å². The van der Waals surface area contributed by atoms with Crippen molar-refractivity contribution in [3.63, 3.8) is 0 Å². The molecule has 0 radical (unpaired) electrons. The molecule has 0 bridgehead atoms. The van der Waals surface area contributed by atoms with E-state index in [1.54, 1.807) is 5.57 Å². The second kappa shape index (κ2) is 16.1. The number of aliphatic carboxylic acids is 2. The Morgan fingerprint density at radius 1 is 0.810 bits per heavy atom. The van der Waals surface area contributed by atoms with Crippen LogP contribution >= 0.6 is 0 Å². The number of carboxylic acid groups (broad SMARTS) is 2. The second-order valence-electron chi connectivity index (χ2n) is 15.6. The molecule has 0 amide bonds. The molecule has 0 heterocycles. The Morgan fingerprint density at radius 2 is 1.43 bits per heavy atom. The first-order valence-corrected chi connectivity index (χ1v) is 17.7. The van der Waals surface area contributed by atoms with Gasteiger partial charge in [-0.1, -0.05) is 91.2 Å². The maximum absolute atomic E-state index is 10.2. The van der Waals surface area contributed by atoms with Crippen LogP contribution in [0.2, 0.25) is 0 Å². The first-order chi connectivity index (χ1) is 19.9. The maximum atomic E-state index is 10.2. The molecule has 0 saturated heterocycles. The zero-order chi connectivity index (χ0) is 30.9. The van der Waals surface area contributed by atoms with E-state index in [0.717, 1.165) is 86.9 Å². The van der Waals surface area contributed by atoms with Crippen LogP contribution in [0, 0.1) is 46.3 Å². The van der Waals surface area contributed by atoms with Crippen molar-refractivity contribution < 1.29 is 24.9 Å². The number of allylic oxidation sites excluding steroid dienone is 1. The van der Waals surface area contributed by atoms with Crippen molar-refractivity contribution in [2.75, 3.05) is 0 Å². The van der Waals surface area contributed by atoms with Crippen molar-refractivity contribution in [3.05, 3.63) is 11.6 Å². The molecular weight excluding hydrogens is 524 g/mol. The van der Waals surface area contributed by atoms with Crippen LogP contribution < -0.4 is 0 Å². The Bertz CT molecular complexity index is 875. The molecule has 3 N–H and O–H groups in total.